The minimum absolute atomic E-state index is 0. The van der Waals surface area contributed by atoms with E-state index in [1.165, 1.54) is 4.90 Å². The third-order valence-electron chi connectivity index (χ3n) is 5.16. The zero-order chi connectivity index (χ0) is 22.1. The molecular weight excluding hydrogens is 519 g/mol. The molecule has 0 aliphatic carbocycles. The molecule has 2 N–H and O–H groups in total. The van der Waals surface area contributed by atoms with Crippen LogP contribution >= 0.6 is 24.0 Å². The summed E-state index contributed by atoms with van der Waals surface area (Å²) in [5.41, 5.74) is 2.15. The van der Waals surface area contributed by atoms with Crippen LogP contribution in [0.2, 0.25) is 0 Å². The standard InChI is InChI=1S/C24H30N4O3.HI/c1-3-25-24(27-16-14-18-10-4-7-13-21(18)31-2)26-15-8-9-17-28-22(29)19-11-5-6-12-20(19)23(28)30;/h4-7,10-13H,3,8-9,14-17H2,1-2H3,(H2,25,26,27);1H. The number of nitrogens with zero attached hydrogens (tertiary/aromatic N) is 2. The molecule has 1 heterocycles. The van der Waals surface area contributed by atoms with E-state index in [1.54, 1.807) is 31.4 Å². The van der Waals surface area contributed by atoms with E-state index in [0.717, 1.165) is 49.6 Å². The van der Waals surface area contributed by atoms with Crippen LogP contribution in [0.4, 0.5) is 0 Å². The maximum atomic E-state index is 12.4. The van der Waals surface area contributed by atoms with Crippen LogP contribution in [0, 0.1) is 0 Å². The summed E-state index contributed by atoms with van der Waals surface area (Å²) >= 11 is 0. The smallest absolute Gasteiger partial charge is 0.261 e. The van der Waals surface area contributed by atoms with Crippen molar-refractivity contribution in [3.63, 3.8) is 0 Å². The van der Waals surface area contributed by atoms with Gasteiger partial charge in [-0.1, -0.05) is 30.3 Å². The van der Waals surface area contributed by atoms with Crippen LogP contribution in [0.25, 0.3) is 0 Å². The van der Waals surface area contributed by atoms with Crippen LogP contribution in [-0.4, -0.2) is 56.0 Å². The Kier molecular flexibility index (Phi) is 10.5. The number of aliphatic imine (C=N–C) groups is 1. The van der Waals surface area contributed by atoms with Crippen LogP contribution in [0.5, 0.6) is 5.75 Å². The topological polar surface area (TPSA) is 83.0 Å². The highest BCUT2D eigenvalue weighted by Gasteiger charge is 2.34. The average molecular weight is 550 g/mol. The van der Waals surface area contributed by atoms with Crippen LogP contribution in [0.3, 0.4) is 0 Å². The Morgan fingerprint density at radius 1 is 0.969 bits per heavy atom. The molecule has 2 amide bonds. The van der Waals surface area contributed by atoms with Gasteiger partial charge < -0.3 is 15.4 Å². The van der Waals surface area contributed by atoms with Crippen LogP contribution in [0.1, 0.15) is 46.0 Å². The molecule has 1 aliphatic rings. The Labute approximate surface area is 206 Å². The lowest BCUT2D eigenvalue weighted by molar-refractivity contribution is 0.0652. The number of methoxy groups -OCH3 is 1. The zero-order valence-electron chi connectivity index (χ0n) is 18.6. The number of halogens is 1. The van der Waals surface area contributed by atoms with Crippen LogP contribution in [0.15, 0.2) is 53.5 Å². The molecule has 1 aliphatic heterocycles. The van der Waals surface area contributed by atoms with E-state index < -0.39 is 0 Å². The van der Waals surface area contributed by atoms with Crippen molar-refractivity contribution in [1.29, 1.82) is 0 Å². The van der Waals surface area contributed by atoms with Gasteiger partial charge in [-0.05, 0) is 49.9 Å². The Morgan fingerprint density at radius 3 is 2.28 bits per heavy atom. The molecule has 0 bridgehead atoms. The number of rotatable bonds is 10. The molecule has 2 aromatic carbocycles. The minimum Gasteiger partial charge on any atom is -0.496 e. The normalized spacial score (nSPS) is 12.9. The maximum absolute atomic E-state index is 12.4. The predicted molar refractivity (Wildman–Crippen MR) is 137 cm³/mol. The van der Waals surface area contributed by atoms with Gasteiger partial charge in [0.05, 0.1) is 18.2 Å². The highest BCUT2D eigenvalue weighted by atomic mass is 127. The fourth-order valence-corrected chi connectivity index (χ4v) is 3.58. The number of carbonyl (C=O) groups excluding carboxylic acids is 2. The number of ether oxygens (including phenoxy) is 1. The molecule has 0 saturated carbocycles. The van der Waals surface area contributed by atoms with Crippen molar-refractivity contribution < 1.29 is 14.3 Å². The first-order chi connectivity index (χ1) is 15.2. The number of benzene rings is 2. The van der Waals surface area contributed by atoms with Gasteiger partial charge in [0.25, 0.3) is 11.8 Å². The number of amides is 2. The van der Waals surface area contributed by atoms with Crippen LogP contribution < -0.4 is 15.4 Å². The molecule has 2 aromatic rings. The summed E-state index contributed by atoms with van der Waals surface area (Å²) in [6.45, 7) is 4.57. The lowest BCUT2D eigenvalue weighted by Gasteiger charge is -2.14. The fourth-order valence-electron chi connectivity index (χ4n) is 3.58. The molecule has 172 valence electrons. The van der Waals surface area contributed by atoms with E-state index in [-0.39, 0.29) is 35.8 Å². The van der Waals surface area contributed by atoms with Crippen molar-refractivity contribution in [2.75, 3.05) is 33.3 Å². The number of nitrogens with one attached hydrogen (secondary N) is 2. The number of fused-ring (bicyclic) bond motifs is 1. The quantitative estimate of drug-likeness (QED) is 0.156. The number of imide groups is 1. The van der Waals surface area contributed by atoms with Crippen molar-refractivity contribution in [2.24, 2.45) is 4.99 Å². The number of unbranched alkanes of at least 4 members (excludes halogenated alkanes) is 1. The molecule has 0 atom stereocenters. The minimum atomic E-state index is -0.199. The van der Waals surface area contributed by atoms with E-state index >= 15 is 0 Å². The largest absolute Gasteiger partial charge is 0.496 e. The van der Waals surface area contributed by atoms with E-state index in [2.05, 4.69) is 21.7 Å². The highest BCUT2D eigenvalue weighted by Crippen LogP contribution is 2.22. The third-order valence-corrected chi connectivity index (χ3v) is 5.16. The first-order valence-corrected chi connectivity index (χ1v) is 10.7. The van der Waals surface area contributed by atoms with Gasteiger partial charge in [-0.15, -0.1) is 24.0 Å². The Hall–Kier alpha value is -2.62. The van der Waals surface area contributed by atoms with Crippen molar-refractivity contribution in [3.05, 3.63) is 65.2 Å². The Morgan fingerprint density at radius 2 is 1.62 bits per heavy atom. The molecule has 0 aromatic heterocycles. The van der Waals surface area contributed by atoms with Gasteiger partial charge in [0.15, 0.2) is 5.96 Å². The predicted octanol–water partition coefficient (Wildman–Crippen LogP) is 3.49. The molecule has 0 radical (unpaired) electrons. The molecule has 8 heteroatoms. The van der Waals surface area contributed by atoms with Gasteiger partial charge in [0.1, 0.15) is 5.75 Å². The number of carbonyl (C=O) groups is 2. The summed E-state index contributed by atoms with van der Waals surface area (Å²) in [5, 5.41) is 6.59. The second-order valence-corrected chi connectivity index (χ2v) is 7.26. The molecule has 0 unspecified atom stereocenters. The number of hydrogen-bond acceptors (Lipinski definition) is 4. The second kappa shape index (κ2) is 13.0. The van der Waals surface area contributed by atoms with Gasteiger partial charge in [-0.25, -0.2) is 0 Å². The zero-order valence-corrected chi connectivity index (χ0v) is 20.9. The van der Waals surface area contributed by atoms with Gasteiger partial charge in [0, 0.05) is 26.2 Å². The Balaban J connectivity index is 0.00000363. The number of guanidine groups is 1. The molecule has 0 fully saturated rings. The molecule has 7 nitrogen and oxygen atoms in total. The summed E-state index contributed by atoms with van der Waals surface area (Å²) in [4.78, 5) is 30.7. The lowest BCUT2D eigenvalue weighted by Crippen LogP contribution is -2.38. The van der Waals surface area contributed by atoms with E-state index in [9.17, 15) is 9.59 Å². The summed E-state index contributed by atoms with van der Waals surface area (Å²) in [6.07, 6.45) is 2.33. The fraction of sp³-hybridized carbons (Fsp3) is 0.375. The summed E-state index contributed by atoms with van der Waals surface area (Å²) in [6, 6.07) is 15.0. The molecule has 0 saturated heterocycles. The summed E-state index contributed by atoms with van der Waals surface area (Å²) in [5.74, 6) is 1.25. The van der Waals surface area contributed by atoms with Crippen molar-refractivity contribution in [2.45, 2.75) is 26.2 Å². The van der Waals surface area contributed by atoms with Gasteiger partial charge >= 0.3 is 0 Å². The SMILES string of the molecule is CCNC(=NCCCCN1C(=O)c2ccccc2C1=O)NCCc1ccccc1OC.I. The van der Waals surface area contributed by atoms with Crippen molar-refractivity contribution in [3.8, 4) is 5.75 Å². The van der Waals surface area contributed by atoms with Gasteiger partial charge in [-0.2, -0.15) is 0 Å². The van der Waals surface area contributed by atoms with E-state index in [1.807, 2.05) is 25.1 Å². The molecule has 32 heavy (non-hydrogen) atoms. The molecule has 3 rings (SSSR count). The monoisotopic (exact) mass is 550 g/mol. The lowest BCUT2D eigenvalue weighted by atomic mass is 10.1. The van der Waals surface area contributed by atoms with Crippen molar-refractivity contribution >= 4 is 41.8 Å². The second-order valence-electron chi connectivity index (χ2n) is 7.26. The van der Waals surface area contributed by atoms with E-state index in [0.29, 0.717) is 24.2 Å². The maximum Gasteiger partial charge on any atom is 0.261 e. The molecule has 0 spiro atoms. The summed E-state index contributed by atoms with van der Waals surface area (Å²) in [7, 11) is 1.68. The highest BCUT2D eigenvalue weighted by molar-refractivity contribution is 14.0. The van der Waals surface area contributed by atoms with Gasteiger partial charge in [0.2, 0.25) is 0 Å². The van der Waals surface area contributed by atoms with Crippen molar-refractivity contribution in [1.82, 2.24) is 15.5 Å². The first-order valence-electron chi connectivity index (χ1n) is 10.7. The number of hydrogen-bond donors (Lipinski definition) is 2. The average Bonchev–Trinajstić information content (AvgIpc) is 3.04. The van der Waals surface area contributed by atoms with Gasteiger partial charge in [-0.3, -0.25) is 19.5 Å². The summed E-state index contributed by atoms with van der Waals surface area (Å²) < 4.78 is 5.39. The molecular formula is C24H31IN4O3. The van der Waals surface area contributed by atoms with E-state index in [4.69, 9.17) is 4.74 Å². The first kappa shape index (κ1) is 25.6. The third kappa shape index (κ3) is 6.44. The Bertz CT molecular complexity index is 913. The van der Waals surface area contributed by atoms with Crippen LogP contribution in [-0.2, 0) is 6.42 Å². The number of para-hydroxylation sites is 1.